The molecule has 84 valence electrons. The van der Waals surface area contributed by atoms with Crippen LogP contribution < -0.4 is 0 Å². The summed E-state index contributed by atoms with van der Waals surface area (Å²) in [5, 5.41) is 8.62. The maximum Gasteiger partial charge on any atom is 0.175 e. The van der Waals surface area contributed by atoms with Gasteiger partial charge in [0.25, 0.3) is 0 Å². The van der Waals surface area contributed by atoms with Crippen molar-refractivity contribution in [3.05, 3.63) is 28.6 Å². The van der Waals surface area contributed by atoms with Gasteiger partial charge in [0, 0.05) is 12.1 Å². The minimum atomic E-state index is 0.595. The number of nitrogens with zero attached hydrogens (tertiary/aromatic N) is 3. The third kappa shape index (κ3) is 1.65. The number of hydrogen-bond acceptors (Lipinski definition) is 2. The molecule has 1 fully saturated rings. The minimum absolute atomic E-state index is 0.595. The number of rotatable bonds is 1. The molecule has 1 aliphatic rings. The van der Waals surface area contributed by atoms with Crippen molar-refractivity contribution < 1.29 is 0 Å². The van der Waals surface area contributed by atoms with E-state index in [0.717, 1.165) is 15.9 Å². The van der Waals surface area contributed by atoms with Gasteiger partial charge < -0.3 is 0 Å². The Labute approximate surface area is 103 Å². The van der Waals surface area contributed by atoms with E-state index in [9.17, 15) is 0 Å². The van der Waals surface area contributed by atoms with Gasteiger partial charge in [0.05, 0.1) is 4.47 Å². The van der Waals surface area contributed by atoms with E-state index in [1.165, 1.54) is 32.1 Å². The maximum atomic E-state index is 4.36. The van der Waals surface area contributed by atoms with Crippen LogP contribution in [-0.4, -0.2) is 14.6 Å². The molecular weight excluding hydrogens is 266 g/mol. The molecule has 2 aromatic heterocycles. The van der Waals surface area contributed by atoms with Crippen LogP contribution in [-0.2, 0) is 0 Å². The van der Waals surface area contributed by atoms with Gasteiger partial charge in [-0.2, -0.15) is 0 Å². The lowest BCUT2D eigenvalue weighted by molar-refractivity contribution is 0.426. The number of fused-ring (bicyclic) bond motifs is 1. The van der Waals surface area contributed by atoms with Gasteiger partial charge in [-0.15, -0.1) is 10.2 Å². The van der Waals surface area contributed by atoms with Gasteiger partial charge in [-0.1, -0.05) is 19.3 Å². The Bertz CT molecular complexity index is 500. The normalized spacial score (nSPS) is 18.1. The third-order valence-corrected chi connectivity index (χ3v) is 4.00. The number of aromatic nitrogens is 3. The average Bonchev–Trinajstić information content (AvgIpc) is 2.75. The maximum absolute atomic E-state index is 4.36. The van der Waals surface area contributed by atoms with Crippen molar-refractivity contribution >= 4 is 21.6 Å². The van der Waals surface area contributed by atoms with E-state index < -0.39 is 0 Å². The molecule has 4 heteroatoms. The van der Waals surface area contributed by atoms with Gasteiger partial charge in [-0.05, 0) is 40.9 Å². The second-order valence-electron chi connectivity index (χ2n) is 4.44. The van der Waals surface area contributed by atoms with Crippen LogP contribution in [0.5, 0.6) is 0 Å². The van der Waals surface area contributed by atoms with Crippen LogP contribution in [0, 0.1) is 0 Å². The number of hydrogen-bond donors (Lipinski definition) is 0. The van der Waals surface area contributed by atoms with Gasteiger partial charge >= 0.3 is 0 Å². The highest BCUT2D eigenvalue weighted by molar-refractivity contribution is 9.10. The highest BCUT2D eigenvalue weighted by Crippen LogP contribution is 2.32. The Balaban J connectivity index is 2.06. The molecule has 3 rings (SSSR count). The lowest BCUT2D eigenvalue weighted by Gasteiger charge is -2.19. The van der Waals surface area contributed by atoms with E-state index in [0.29, 0.717) is 5.92 Å². The first-order valence-corrected chi connectivity index (χ1v) is 6.65. The minimum Gasteiger partial charge on any atom is -0.285 e. The van der Waals surface area contributed by atoms with Crippen LogP contribution in [0.3, 0.4) is 0 Å². The Hall–Kier alpha value is -0.900. The lowest BCUT2D eigenvalue weighted by Crippen LogP contribution is -2.08. The fourth-order valence-corrected chi connectivity index (χ4v) is 2.96. The molecule has 0 N–H and O–H groups in total. The van der Waals surface area contributed by atoms with E-state index in [-0.39, 0.29) is 0 Å². The molecule has 0 amide bonds. The van der Waals surface area contributed by atoms with Gasteiger partial charge in [-0.3, -0.25) is 4.40 Å². The summed E-state index contributed by atoms with van der Waals surface area (Å²) in [7, 11) is 0. The van der Waals surface area contributed by atoms with Crippen molar-refractivity contribution in [1.29, 1.82) is 0 Å². The van der Waals surface area contributed by atoms with Crippen LogP contribution in [0.25, 0.3) is 5.65 Å². The summed E-state index contributed by atoms with van der Waals surface area (Å²) in [6.45, 7) is 0. The van der Waals surface area contributed by atoms with Crippen LogP contribution in [0.2, 0.25) is 0 Å². The summed E-state index contributed by atoms with van der Waals surface area (Å²) in [6.07, 6.45) is 8.60. The molecular formula is C12H14BrN3. The summed E-state index contributed by atoms with van der Waals surface area (Å²) in [6, 6.07) is 4.04. The van der Waals surface area contributed by atoms with E-state index in [4.69, 9.17) is 0 Å². The predicted molar refractivity (Wildman–Crippen MR) is 66.5 cm³/mol. The van der Waals surface area contributed by atoms with E-state index >= 15 is 0 Å². The van der Waals surface area contributed by atoms with Crippen molar-refractivity contribution in [3.8, 4) is 0 Å². The fourth-order valence-electron chi connectivity index (χ4n) is 2.54. The SMILES string of the molecule is Brc1cccn2c(C3CCCCC3)nnc12. The van der Waals surface area contributed by atoms with E-state index in [2.05, 4.69) is 36.7 Å². The Kier molecular flexibility index (Phi) is 2.67. The summed E-state index contributed by atoms with van der Waals surface area (Å²) < 4.78 is 3.14. The first-order chi connectivity index (χ1) is 7.86. The Morgan fingerprint density at radius 2 is 2.00 bits per heavy atom. The highest BCUT2D eigenvalue weighted by atomic mass is 79.9. The van der Waals surface area contributed by atoms with E-state index in [1.54, 1.807) is 0 Å². The smallest absolute Gasteiger partial charge is 0.175 e. The van der Waals surface area contributed by atoms with Crippen LogP contribution in [0.1, 0.15) is 43.8 Å². The molecule has 1 aliphatic carbocycles. The number of halogens is 1. The first kappa shape index (κ1) is 10.3. The zero-order valence-electron chi connectivity index (χ0n) is 9.06. The molecule has 2 heterocycles. The van der Waals surface area contributed by atoms with Crippen LogP contribution in [0.15, 0.2) is 22.8 Å². The summed E-state index contributed by atoms with van der Waals surface area (Å²) in [5.74, 6) is 1.73. The Morgan fingerprint density at radius 1 is 1.19 bits per heavy atom. The standard InChI is InChI=1S/C12H14BrN3/c13-10-7-4-8-16-11(14-15-12(10)16)9-5-2-1-3-6-9/h4,7-9H,1-3,5-6H2. The average molecular weight is 280 g/mol. The van der Waals surface area contributed by atoms with Gasteiger partial charge in [-0.25, -0.2) is 0 Å². The lowest BCUT2D eigenvalue weighted by atomic mass is 9.89. The molecule has 0 saturated heterocycles. The first-order valence-electron chi connectivity index (χ1n) is 5.85. The molecule has 0 bridgehead atoms. The molecule has 0 spiro atoms. The molecule has 0 unspecified atom stereocenters. The molecule has 0 atom stereocenters. The molecule has 2 aromatic rings. The third-order valence-electron chi connectivity index (χ3n) is 3.38. The fraction of sp³-hybridized carbons (Fsp3) is 0.500. The van der Waals surface area contributed by atoms with Gasteiger partial charge in [0.2, 0.25) is 0 Å². The molecule has 0 radical (unpaired) electrons. The van der Waals surface area contributed by atoms with Crippen molar-refractivity contribution in [2.24, 2.45) is 0 Å². The predicted octanol–water partition coefficient (Wildman–Crippen LogP) is 3.54. The van der Waals surface area contributed by atoms with Crippen molar-refractivity contribution in [2.75, 3.05) is 0 Å². The van der Waals surface area contributed by atoms with Gasteiger partial charge in [0.1, 0.15) is 5.82 Å². The van der Waals surface area contributed by atoms with Crippen LogP contribution >= 0.6 is 15.9 Å². The second kappa shape index (κ2) is 4.17. The zero-order chi connectivity index (χ0) is 11.0. The second-order valence-corrected chi connectivity index (χ2v) is 5.30. The summed E-state index contributed by atoms with van der Waals surface area (Å²) in [5.41, 5.74) is 0.933. The summed E-state index contributed by atoms with van der Waals surface area (Å²) in [4.78, 5) is 0. The largest absolute Gasteiger partial charge is 0.285 e. The molecule has 0 aromatic carbocycles. The monoisotopic (exact) mass is 279 g/mol. The topological polar surface area (TPSA) is 30.2 Å². The van der Waals surface area contributed by atoms with Gasteiger partial charge in [0.15, 0.2) is 5.65 Å². The Morgan fingerprint density at radius 3 is 2.81 bits per heavy atom. The van der Waals surface area contributed by atoms with Crippen molar-refractivity contribution in [1.82, 2.24) is 14.6 Å². The molecule has 3 nitrogen and oxygen atoms in total. The van der Waals surface area contributed by atoms with Crippen molar-refractivity contribution in [3.63, 3.8) is 0 Å². The number of pyridine rings is 1. The molecule has 16 heavy (non-hydrogen) atoms. The molecule has 0 aliphatic heterocycles. The highest BCUT2D eigenvalue weighted by Gasteiger charge is 2.20. The molecule has 1 saturated carbocycles. The summed E-state index contributed by atoms with van der Waals surface area (Å²) >= 11 is 3.51. The quantitative estimate of drug-likeness (QED) is 0.799. The van der Waals surface area contributed by atoms with Crippen LogP contribution in [0.4, 0.5) is 0 Å². The zero-order valence-corrected chi connectivity index (χ0v) is 10.7. The van der Waals surface area contributed by atoms with Crippen molar-refractivity contribution in [2.45, 2.75) is 38.0 Å². The van der Waals surface area contributed by atoms with E-state index in [1.807, 2.05) is 12.1 Å².